The molecule has 2 N–H and O–H groups in total. The van der Waals surface area contributed by atoms with E-state index in [0.29, 0.717) is 24.0 Å². The van der Waals surface area contributed by atoms with Crippen LogP contribution >= 0.6 is 0 Å². The zero-order chi connectivity index (χ0) is 25.4. The van der Waals surface area contributed by atoms with E-state index in [9.17, 15) is 18.0 Å². The predicted octanol–water partition coefficient (Wildman–Crippen LogP) is 7.08. The van der Waals surface area contributed by atoms with Gasteiger partial charge in [0.25, 0.3) is 0 Å². The van der Waals surface area contributed by atoms with Crippen LogP contribution in [0.25, 0.3) is 11.0 Å². The van der Waals surface area contributed by atoms with Crippen molar-refractivity contribution < 1.29 is 27.8 Å². The summed E-state index contributed by atoms with van der Waals surface area (Å²) in [5.74, 6) is -0.00528. The van der Waals surface area contributed by atoms with Crippen molar-refractivity contribution in [2.24, 2.45) is 11.3 Å². The Kier molecular flexibility index (Phi) is 6.71. The van der Waals surface area contributed by atoms with Crippen LogP contribution in [0.5, 0.6) is 5.75 Å². The van der Waals surface area contributed by atoms with Crippen molar-refractivity contribution in [2.45, 2.75) is 65.3 Å². The Morgan fingerprint density at radius 3 is 2.54 bits per heavy atom. The number of imidazole rings is 1. The number of carboxylic acids is 1. The lowest BCUT2D eigenvalue weighted by Crippen LogP contribution is -2.29. The fourth-order valence-electron chi connectivity index (χ4n) is 5.37. The van der Waals surface area contributed by atoms with E-state index in [2.05, 4.69) is 35.4 Å². The minimum atomic E-state index is -4.74. The minimum Gasteiger partial charge on any atom is -0.481 e. The van der Waals surface area contributed by atoms with E-state index in [0.717, 1.165) is 35.9 Å². The Bertz CT molecular complexity index is 1200. The van der Waals surface area contributed by atoms with Gasteiger partial charge in [-0.15, -0.1) is 13.2 Å². The zero-order valence-electron chi connectivity index (χ0n) is 20.0. The zero-order valence-corrected chi connectivity index (χ0v) is 20.0. The van der Waals surface area contributed by atoms with Gasteiger partial charge in [0.2, 0.25) is 5.95 Å². The molecule has 0 amide bonds. The van der Waals surface area contributed by atoms with Gasteiger partial charge in [-0.25, -0.2) is 4.98 Å². The standard InChI is InChI=1S/C26H30F3N3O3/c1-16-12-19(15-25(2,3)14-16)32-22-10-4-17(5-11-23(33)34)13-21(22)31-24(32)30-18-6-8-20(9-7-18)35-26(27,28)29/h4,6-10,13,16,19H,5,11-12,14-15H2,1-3H3,(H,30,31)(H,33,34)/t16-,19+/m1/s1. The maximum Gasteiger partial charge on any atom is 0.573 e. The van der Waals surface area contributed by atoms with Gasteiger partial charge in [-0.2, -0.15) is 0 Å². The third-order valence-corrected chi connectivity index (χ3v) is 6.45. The average molecular weight is 490 g/mol. The highest BCUT2D eigenvalue weighted by Crippen LogP contribution is 2.46. The summed E-state index contributed by atoms with van der Waals surface area (Å²) in [4.78, 5) is 15.8. The molecule has 1 saturated carbocycles. The molecule has 0 spiro atoms. The molecule has 0 saturated heterocycles. The number of halogens is 3. The van der Waals surface area contributed by atoms with Crippen LogP contribution < -0.4 is 10.1 Å². The Balaban J connectivity index is 1.70. The molecule has 188 valence electrons. The van der Waals surface area contributed by atoms with Crippen molar-refractivity contribution in [1.82, 2.24) is 9.55 Å². The molecule has 4 rings (SSSR count). The summed E-state index contributed by atoms with van der Waals surface area (Å²) in [6, 6.07) is 11.6. The molecule has 2 atom stereocenters. The number of fused-ring (bicyclic) bond motifs is 1. The first-order valence-electron chi connectivity index (χ1n) is 11.7. The number of anilines is 2. The van der Waals surface area contributed by atoms with Crippen molar-refractivity contribution in [3.05, 3.63) is 48.0 Å². The van der Waals surface area contributed by atoms with Crippen LogP contribution in [0, 0.1) is 11.3 Å². The summed E-state index contributed by atoms with van der Waals surface area (Å²) in [7, 11) is 0. The number of aryl methyl sites for hydroxylation is 1. The number of benzene rings is 2. The number of rotatable bonds is 7. The van der Waals surface area contributed by atoms with Crippen molar-refractivity contribution in [3.8, 4) is 5.75 Å². The Morgan fingerprint density at radius 1 is 1.20 bits per heavy atom. The molecule has 6 nitrogen and oxygen atoms in total. The largest absolute Gasteiger partial charge is 0.573 e. The minimum absolute atomic E-state index is 0.0397. The fourth-order valence-corrected chi connectivity index (χ4v) is 5.37. The molecule has 1 aliphatic carbocycles. The van der Waals surface area contributed by atoms with E-state index in [4.69, 9.17) is 10.1 Å². The lowest BCUT2D eigenvalue weighted by molar-refractivity contribution is -0.274. The predicted molar refractivity (Wildman–Crippen MR) is 128 cm³/mol. The number of aliphatic carboxylic acids is 1. The number of hydrogen-bond acceptors (Lipinski definition) is 4. The molecule has 9 heteroatoms. The summed E-state index contributed by atoms with van der Waals surface area (Å²) >= 11 is 0. The molecule has 0 radical (unpaired) electrons. The van der Waals surface area contributed by atoms with Gasteiger partial charge < -0.3 is 19.7 Å². The van der Waals surface area contributed by atoms with Gasteiger partial charge in [0.05, 0.1) is 11.0 Å². The Labute approximate surface area is 202 Å². The normalized spacial score (nSPS) is 20.1. The topological polar surface area (TPSA) is 76.4 Å². The Morgan fingerprint density at radius 2 is 1.91 bits per heavy atom. The molecule has 1 aromatic heterocycles. The second kappa shape index (κ2) is 9.43. The van der Waals surface area contributed by atoms with Crippen LogP contribution in [0.4, 0.5) is 24.8 Å². The van der Waals surface area contributed by atoms with E-state index in [1.54, 1.807) is 0 Å². The summed E-state index contributed by atoms with van der Waals surface area (Å²) in [6.45, 7) is 6.79. The van der Waals surface area contributed by atoms with Gasteiger partial charge >= 0.3 is 12.3 Å². The first kappa shape index (κ1) is 24.9. The van der Waals surface area contributed by atoms with E-state index in [1.165, 1.54) is 24.3 Å². The van der Waals surface area contributed by atoms with Gasteiger partial charge in [0.1, 0.15) is 5.75 Å². The van der Waals surface area contributed by atoms with Crippen LogP contribution in [0.2, 0.25) is 0 Å². The molecule has 0 unspecified atom stereocenters. The van der Waals surface area contributed by atoms with Crippen molar-refractivity contribution >= 4 is 28.6 Å². The highest BCUT2D eigenvalue weighted by molar-refractivity contribution is 5.81. The number of ether oxygens (including phenoxy) is 1. The maximum absolute atomic E-state index is 12.5. The number of carbonyl (C=O) groups is 1. The van der Waals surface area contributed by atoms with Crippen LogP contribution in [-0.2, 0) is 11.2 Å². The van der Waals surface area contributed by atoms with Gasteiger partial charge in [-0.1, -0.05) is 26.8 Å². The van der Waals surface area contributed by atoms with E-state index < -0.39 is 12.3 Å². The number of carboxylic acid groups (broad SMARTS) is 1. The smallest absolute Gasteiger partial charge is 0.481 e. The fraction of sp³-hybridized carbons (Fsp3) is 0.462. The third kappa shape index (κ3) is 6.26. The molecule has 1 heterocycles. The average Bonchev–Trinajstić information content (AvgIpc) is 3.08. The molecule has 0 bridgehead atoms. The second-order valence-electron chi connectivity index (χ2n) is 10.3. The number of hydrogen-bond donors (Lipinski definition) is 2. The van der Waals surface area contributed by atoms with Crippen molar-refractivity contribution in [3.63, 3.8) is 0 Å². The summed E-state index contributed by atoms with van der Waals surface area (Å²) in [6.07, 6.45) is -1.20. The molecule has 2 aromatic carbocycles. The lowest BCUT2D eigenvalue weighted by Gasteiger charge is -2.40. The van der Waals surface area contributed by atoms with Gasteiger partial charge in [-0.3, -0.25) is 4.79 Å². The lowest BCUT2D eigenvalue weighted by atomic mass is 9.70. The number of nitrogens with one attached hydrogen (secondary N) is 1. The van der Waals surface area contributed by atoms with Gasteiger partial charge in [0, 0.05) is 18.2 Å². The Hall–Kier alpha value is -3.23. The van der Waals surface area contributed by atoms with Crippen LogP contribution in [0.1, 0.15) is 58.1 Å². The van der Waals surface area contributed by atoms with Crippen LogP contribution in [0.3, 0.4) is 0 Å². The molecule has 1 aliphatic rings. The van der Waals surface area contributed by atoms with E-state index >= 15 is 0 Å². The molecule has 0 aliphatic heterocycles. The van der Waals surface area contributed by atoms with Crippen LogP contribution in [-0.4, -0.2) is 27.0 Å². The van der Waals surface area contributed by atoms with E-state index in [-0.39, 0.29) is 23.6 Å². The molecule has 35 heavy (non-hydrogen) atoms. The molecular formula is C26H30F3N3O3. The van der Waals surface area contributed by atoms with Crippen molar-refractivity contribution in [2.75, 3.05) is 5.32 Å². The first-order chi connectivity index (χ1) is 16.4. The molecule has 3 aromatic rings. The van der Waals surface area contributed by atoms with Crippen molar-refractivity contribution in [1.29, 1.82) is 0 Å². The maximum atomic E-state index is 12.5. The number of nitrogens with zero attached hydrogens (tertiary/aromatic N) is 2. The monoisotopic (exact) mass is 489 g/mol. The second-order valence-corrected chi connectivity index (χ2v) is 10.3. The summed E-state index contributed by atoms with van der Waals surface area (Å²) in [5.41, 5.74) is 3.34. The van der Waals surface area contributed by atoms with Crippen LogP contribution in [0.15, 0.2) is 42.5 Å². The third-order valence-electron chi connectivity index (χ3n) is 6.45. The number of aromatic nitrogens is 2. The summed E-state index contributed by atoms with van der Waals surface area (Å²) < 4.78 is 43.7. The highest BCUT2D eigenvalue weighted by Gasteiger charge is 2.35. The van der Waals surface area contributed by atoms with Gasteiger partial charge in [-0.05, 0) is 79.0 Å². The van der Waals surface area contributed by atoms with Gasteiger partial charge in [0.15, 0.2) is 0 Å². The first-order valence-corrected chi connectivity index (χ1v) is 11.7. The van der Waals surface area contributed by atoms with E-state index in [1.807, 2.05) is 18.2 Å². The summed E-state index contributed by atoms with van der Waals surface area (Å²) in [5, 5.41) is 12.3. The number of alkyl halides is 3. The molecular weight excluding hydrogens is 459 g/mol. The SMILES string of the molecule is C[C@@H]1C[C@H](n2c(Nc3ccc(OC(F)(F)F)cc3)nc3cc(CCC(=O)O)ccc32)CC(C)(C)C1. The quantitative estimate of drug-likeness (QED) is 0.371. The molecule has 1 fully saturated rings. The highest BCUT2D eigenvalue weighted by atomic mass is 19.4.